The van der Waals surface area contributed by atoms with Crippen molar-refractivity contribution in [2.45, 2.75) is 75.7 Å². The quantitative estimate of drug-likeness (QED) is 0.473. The third-order valence-corrected chi connectivity index (χ3v) is 9.22. The molecular weight excluding hydrogens is 428 g/mol. The van der Waals surface area contributed by atoms with Crippen molar-refractivity contribution in [3.8, 4) is 0 Å². The zero-order chi connectivity index (χ0) is 23.9. The summed E-state index contributed by atoms with van der Waals surface area (Å²) in [6.45, 7) is 7.04. The van der Waals surface area contributed by atoms with Gasteiger partial charge in [-0.3, -0.25) is 0 Å². The first-order valence-electron chi connectivity index (χ1n) is 14.4. The normalized spacial score (nSPS) is 26.2. The molecule has 0 amide bonds. The maximum Gasteiger partial charge on any atom is 0.0672 e. The predicted octanol–water partition coefficient (Wildman–Crippen LogP) is 6.13. The maximum absolute atomic E-state index is 11.2. The second-order valence-corrected chi connectivity index (χ2v) is 11.9. The molecule has 1 saturated carbocycles. The topological polar surface area (TPSA) is 26.7 Å². The first kappa shape index (κ1) is 25.0. The summed E-state index contributed by atoms with van der Waals surface area (Å²) in [5.41, 5.74) is 2.45. The molecule has 2 aromatic rings. The van der Waals surface area contributed by atoms with Crippen LogP contribution in [-0.2, 0) is 6.42 Å². The van der Waals surface area contributed by atoms with E-state index in [1.165, 1.54) is 69.4 Å². The number of benzene rings is 2. The lowest BCUT2D eigenvalue weighted by atomic mass is 9.84. The van der Waals surface area contributed by atoms with Crippen LogP contribution in [0.5, 0.6) is 0 Å². The van der Waals surface area contributed by atoms with Gasteiger partial charge in [0.2, 0.25) is 0 Å². The molecule has 3 heteroatoms. The van der Waals surface area contributed by atoms with E-state index < -0.39 is 5.60 Å². The Morgan fingerprint density at radius 1 is 0.771 bits per heavy atom. The summed E-state index contributed by atoms with van der Waals surface area (Å²) in [6, 6.07) is 22.0. The Bertz CT molecular complexity index is 871. The van der Waals surface area contributed by atoms with E-state index in [-0.39, 0.29) is 0 Å². The van der Waals surface area contributed by atoms with Crippen molar-refractivity contribution in [1.82, 2.24) is 9.80 Å². The Labute approximate surface area is 213 Å². The number of rotatable bonds is 9. The molecule has 0 bridgehead atoms. The smallest absolute Gasteiger partial charge is 0.0672 e. The molecule has 190 valence electrons. The minimum Gasteiger partial charge on any atom is -0.390 e. The highest BCUT2D eigenvalue weighted by molar-refractivity contribution is 5.22. The van der Waals surface area contributed by atoms with E-state index >= 15 is 0 Å². The zero-order valence-electron chi connectivity index (χ0n) is 21.7. The maximum atomic E-state index is 11.2. The summed E-state index contributed by atoms with van der Waals surface area (Å²) in [4.78, 5) is 5.46. The minimum absolute atomic E-state index is 0.465. The third-order valence-electron chi connectivity index (χ3n) is 9.22. The number of aryl methyl sites for hydroxylation is 1. The fourth-order valence-corrected chi connectivity index (χ4v) is 7.11. The van der Waals surface area contributed by atoms with Gasteiger partial charge in [0.15, 0.2) is 0 Å². The zero-order valence-corrected chi connectivity index (χ0v) is 21.7. The van der Waals surface area contributed by atoms with Crippen LogP contribution in [-0.4, -0.2) is 59.8 Å². The average Bonchev–Trinajstić information content (AvgIpc) is 3.29. The highest BCUT2D eigenvalue weighted by Crippen LogP contribution is 2.36. The van der Waals surface area contributed by atoms with Crippen LogP contribution >= 0.6 is 0 Å². The molecule has 3 nitrogen and oxygen atoms in total. The Balaban J connectivity index is 1.13. The van der Waals surface area contributed by atoms with Crippen LogP contribution in [0.3, 0.4) is 0 Å². The van der Waals surface area contributed by atoms with Gasteiger partial charge in [0.25, 0.3) is 0 Å². The van der Waals surface area contributed by atoms with E-state index in [0.29, 0.717) is 11.8 Å². The molecule has 2 saturated heterocycles. The monoisotopic (exact) mass is 474 g/mol. The van der Waals surface area contributed by atoms with Crippen molar-refractivity contribution >= 4 is 0 Å². The van der Waals surface area contributed by atoms with Crippen LogP contribution in [0.1, 0.15) is 74.8 Å². The van der Waals surface area contributed by atoms with E-state index in [4.69, 9.17) is 0 Å². The van der Waals surface area contributed by atoms with Gasteiger partial charge in [-0.1, -0.05) is 79.9 Å². The molecule has 0 unspecified atom stereocenters. The van der Waals surface area contributed by atoms with Crippen LogP contribution in [0.25, 0.3) is 0 Å². The summed E-state index contributed by atoms with van der Waals surface area (Å²) >= 11 is 0. The van der Waals surface area contributed by atoms with Crippen LogP contribution in [0.15, 0.2) is 60.7 Å². The van der Waals surface area contributed by atoms with Gasteiger partial charge in [-0.05, 0) is 67.9 Å². The van der Waals surface area contributed by atoms with Crippen molar-refractivity contribution in [2.24, 2.45) is 11.8 Å². The lowest BCUT2D eigenvalue weighted by molar-refractivity contribution is -0.0316. The number of aliphatic hydroxyl groups is 1. The van der Waals surface area contributed by atoms with Crippen LogP contribution in [0, 0.1) is 11.8 Å². The van der Waals surface area contributed by atoms with Crippen LogP contribution < -0.4 is 0 Å². The Morgan fingerprint density at radius 2 is 1.46 bits per heavy atom. The first-order chi connectivity index (χ1) is 17.2. The molecule has 0 spiro atoms. The molecule has 35 heavy (non-hydrogen) atoms. The van der Waals surface area contributed by atoms with Gasteiger partial charge < -0.3 is 14.9 Å². The van der Waals surface area contributed by atoms with Gasteiger partial charge in [-0.15, -0.1) is 0 Å². The number of hydrogen-bond donors (Lipinski definition) is 1. The fraction of sp³-hybridized carbons (Fsp3) is 0.625. The summed E-state index contributed by atoms with van der Waals surface area (Å²) in [7, 11) is 0. The van der Waals surface area contributed by atoms with Gasteiger partial charge in [-0.2, -0.15) is 0 Å². The number of likely N-dealkylation sites (tertiary alicyclic amines) is 2. The first-order valence-corrected chi connectivity index (χ1v) is 14.4. The Morgan fingerprint density at radius 3 is 2.17 bits per heavy atom. The fourth-order valence-electron chi connectivity index (χ4n) is 7.11. The van der Waals surface area contributed by atoms with Gasteiger partial charge in [0.05, 0.1) is 5.60 Å². The Kier molecular flexibility index (Phi) is 8.59. The average molecular weight is 475 g/mol. The van der Waals surface area contributed by atoms with Gasteiger partial charge >= 0.3 is 0 Å². The molecule has 2 heterocycles. The van der Waals surface area contributed by atoms with Crippen LogP contribution in [0.2, 0.25) is 0 Å². The van der Waals surface area contributed by atoms with Gasteiger partial charge in [-0.25, -0.2) is 0 Å². The highest BCUT2D eigenvalue weighted by Gasteiger charge is 2.38. The molecule has 0 radical (unpaired) electrons. The number of nitrogens with zero attached hydrogens (tertiary/aromatic N) is 2. The standard InChI is InChI=1S/C32H46N2O/c35-32(18-10-15-27-11-4-1-5-12-27)19-21-33(22-20-32)24-30-25-34(23-28-13-6-2-7-14-28)26-31(30)29-16-8-3-9-17-29/h1,3-5,8-9,11-12,16-17,28,30-31,35H,2,6-7,10,13-15,18-26H2/t30-,31+/m0/s1. The molecule has 1 N–H and O–H groups in total. The molecule has 2 aromatic carbocycles. The number of hydrogen-bond acceptors (Lipinski definition) is 3. The van der Waals surface area contributed by atoms with E-state index in [1.807, 2.05) is 0 Å². The Hall–Kier alpha value is -1.68. The molecule has 3 fully saturated rings. The molecular formula is C32H46N2O. The minimum atomic E-state index is -0.465. The SMILES string of the molecule is OC1(CCCc2ccccc2)CCN(C[C@H]2CN(CC3CCCCC3)C[C@@H]2c2ccccc2)CC1. The molecule has 5 rings (SSSR count). The van der Waals surface area contributed by atoms with Gasteiger partial charge in [0.1, 0.15) is 0 Å². The van der Waals surface area contributed by atoms with Crippen molar-refractivity contribution in [3.05, 3.63) is 71.8 Å². The highest BCUT2D eigenvalue weighted by atomic mass is 16.3. The van der Waals surface area contributed by atoms with E-state index in [0.717, 1.165) is 51.1 Å². The second kappa shape index (κ2) is 12.0. The van der Waals surface area contributed by atoms with Crippen molar-refractivity contribution in [3.63, 3.8) is 0 Å². The molecule has 2 atom stereocenters. The molecule has 3 aliphatic rings. The summed E-state index contributed by atoms with van der Waals surface area (Å²) < 4.78 is 0. The van der Waals surface area contributed by atoms with Crippen LogP contribution in [0.4, 0.5) is 0 Å². The van der Waals surface area contributed by atoms with E-state index in [9.17, 15) is 5.11 Å². The van der Waals surface area contributed by atoms with E-state index in [2.05, 4.69) is 70.5 Å². The molecule has 1 aliphatic carbocycles. The molecule has 0 aromatic heterocycles. The lowest BCUT2D eigenvalue weighted by Gasteiger charge is -2.40. The van der Waals surface area contributed by atoms with Crippen molar-refractivity contribution in [2.75, 3.05) is 39.3 Å². The van der Waals surface area contributed by atoms with Crippen molar-refractivity contribution < 1.29 is 5.11 Å². The van der Waals surface area contributed by atoms with Crippen molar-refractivity contribution in [1.29, 1.82) is 0 Å². The molecule has 2 aliphatic heterocycles. The largest absolute Gasteiger partial charge is 0.390 e. The summed E-state index contributed by atoms with van der Waals surface area (Å²) in [5.74, 6) is 2.26. The third kappa shape index (κ3) is 6.96. The van der Waals surface area contributed by atoms with Gasteiger partial charge in [0, 0.05) is 45.2 Å². The lowest BCUT2D eigenvalue weighted by Crippen LogP contribution is -2.46. The summed E-state index contributed by atoms with van der Waals surface area (Å²) in [6.07, 6.45) is 12.1. The second-order valence-electron chi connectivity index (χ2n) is 11.9. The predicted molar refractivity (Wildman–Crippen MR) is 146 cm³/mol. The summed E-state index contributed by atoms with van der Waals surface area (Å²) in [5, 5.41) is 11.2. The van der Waals surface area contributed by atoms with E-state index in [1.54, 1.807) is 0 Å². The number of piperidine rings is 1.